The van der Waals surface area contributed by atoms with Crippen LogP contribution >= 0.6 is 0 Å². The van der Waals surface area contributed by atoms with Crippen LogP contribution in [0, 0.1) is 0 Å². The molecule has 0 bridgehead atoms. The zero-order valence-electron chi connectivity index (χ0n) is 9.90. The van der Waals surface area contributed by atoms with Gasteiger partial charge in [0.05, 0.1) is 12.2 Å². The summed E-state index contributed by atoms with van der Waals surface area (Å²) in [6.45, 7) is 2.58. The molecule has 0 aromatic heterocycles. The molecular weight excluding hydrogens is 220 g/mol. The molecule has 1 rings (SSSR count). The van der Waals surface area contributed by atoms with E-state index in [1.807, 2.05) is 0 Å². The number of aromatic hydroxyl groups is 1. The topological polar surface area (TPSA) is 70.6 Å². The van der Waals surface area contributed by atoms with E-state index in [4.69, 9.17) is 4.74 Å². The number of amides is 1. The van der Waals surface area contributed by atoms with Gasteiger partial charge in [-0.3, -0.25) is 4.79 Å². The molecule has 0 radical (unpaired) electrons. The molecule has 0 unspecified atom stereocenters. The number of hydrogen-bond acceptors (Lipinski definition) is 4. The summed E-state index contributed by atoms with van der Waals surface area (Å²) in [7, 11) is 1.64. The lowest BCUT2D eigenvalue weighted by Crippen LogP contribution is -2.33. The molecule has 1 amide bonds. The van der Waals surface area contributed by atoms with Gasteiger partial charge in [0.1, 0.15) is 5.75 Å². The van der Waals surface area contributed by atoms with Crippen LogP contribution in [-0.2, 0) is 4.74 Å². The smallest absolute Gasteiger partial charge is 0.255 e. The van der Waals surface area contributed by atoms with Crippen molar-refractivity contribution >= 4 is 5.91 Å². The number of benzene rings is 1. The van der Waals surface area contributed by atoms with Crippen molar-refractivity contribution in [2.24, 2.45) is 0 Å². The molecule has 17 heavy (non-hydrogen) atoms. The summed E-state index contributed by atoms with van der Waals surface area (Å²) in [4.78, 5) is 11.6. The van der Waals surface area contributed by atoms with Gasteiger partial charge in [0.25, 0.3) is 5.91 Å². The minimum absolute atomic E-state index is 0.00246. The summed E-state index contributed by atoms with van der Waals surface area (Å²) >= 11 is 0. The first-order valence-electron chi connectivity index (χ1n) is 5.51. The molecular formula is C12H18N2O3. The number of carbonyl (C=O) groups is 1. The molecule has 0 atom stereocenters. The Balaban J connectivity index is 2.24. The van der Waals surface area contributed by atoms with Gasteiger partial charge in [-0.1, -0.05) is 12.1 Å². The second-order valence-corrected chi connectivity index (χ2v) is 3.52. The number of nitrogens with one attached hydrogen (secondary N) is 2. The SMILES string of the molecule is COCCNCCNC(=O)c1ccccc1O. The third kappa shape index (κ3) is 4.84. The van der Waals surface area contributed by atoms with E-state index in [9.17, 15) is 9.90 Å². The fourth-order valence-corrected chi connectivity index (χ4v) is 1.32. The van der Waals surface area contributed by atoms with Gasteiger partial charge in [-0.25, -0.2) is 0 Å². The average molecular weight is 238 g/mol. The third-order valence-corrected chi connectivity index (χ3v) is 2.22. The highest BCUT2D eigenvalue weighted by Crippen LogP contribution is 2.14. The van der Waals surface area contributed by atoms with Gasteiger partial charge in [-0.05, 0) is 12.1 Å². The highest BCUT2D eigenvalue weighted by atomic mass is 16.5. The van der Waals surface area contributed by atoms with Gasteiger partial charge in [0.15, 0.2) is 0 Å². The van der Waals surface area contributed by atoms with Gasteiger partial charge in [-0.2, -0.15) is 0 Å². The fourth-order valence-electron chi connectivity index (χ4n) is 1.32. The minimum atomic E-state index is -0.267. The summed E-state index contributed by atoms with van der Waals surface area (Å²) in [6.07, 6.45) is 0. The van der Waals surface area contributed by atoms with Crippen LogP contribution in [0.3, 0.4) is 0 Å². The van der Waals surface area contributed by atoms with Crippen molar-refractivity contribution in [1.82, 2.24) is 10.6 Å². The fraction of sp³-hybridized carbons (Fsp3) is 0.417. The Morgan fingerprint density at radius 2 is 2.06 bits per heavy atom. The van der Waals surface area contributed by atoms with Crippen molar-refractivity contribution in [3.8, 4) is 5.75 Å². The first-order chi connectivity index (χ1) is 8.25. The molecule has 0 heterocycles. The molecule has 3 N–H and O–H groups in total. The molecule has 0 aliphatic carbocycles. The number of phenolic OH excluding ortho intramolecular Hbond substituents is 1. The van der Waals surface area contributed by atoms with Crippen LogP contribution in [0.15, 0.2) is 24.3 Å². The van der Waals surface area contributed by atoms with Crippen LogP contribution in [0.25, 0.3) is 0 Å². The quantitative estimate of drug-likeness (QED) is 0.600. The Kier molecular flexibility index (Phi) is 6.06. The van der Waals surface area contributed by atoms with Gasteiger partial charge in [0, 0.05) is 26.7 Å². The van der Waals surface area contributed by atoms with Crippen LogP contribution in [-0.4, -0.2) is 44.4 Å². The second-order valence-electron chi connectivity index (χ2n) is 3.52. The normalized spacial score (nSPS) is 10.2. The molecule has 5 heteroatoms. The van der Waals surface area contributed by atoms with E-state index in [0.29, 0.717) is 25.3 Å². The van der Waals surface area contributed by atoms with Crippen LogP contribution in [0.1, 0.15) is 10.4 Å². The van der Waals surface area contributed by atoms with E-state index < -0.39 is 0 Å². The predicted molar refractivity (Wildman–Crippen MR) is 65.2 cm³/mol. The van der Waals surface area contributed by atoms with Crippen molar-refractivity contribution < 1.29 is 14.6 Å². The van der Waals surface area contributed by atoms with Crippen molar-refractivity contribution in [3.05, 3.63) is 29.8 Å². The van der Waals surface area contributed by atoms with Crippen LogP contribution in [0.5, 0.6) is 5.75 Å². The number of methoxy groups -OCH3 is 1. The molecule has 0 aliphatic rings. The third-order valence-electron chi connectivity index (χ3n) is 2.22. The van der Waals surface area contributed by atoms with Gasteiger partial charge in [0.2, 0.25) is 0 Å². The standard InChI is InChI=1S/C12H18N2O3/c1-17-9-8-13-6-7-14-12(16)10-4-2-3-5-11(10)15/h2-5,13,15H,6-9H2,1H3,(H,14,16). The van der Waals surface area contributed by atoms with E-state index in [-0.39, 0.29) is 11.7 Å². The number of ether oxygens (including phenoxy) is 1. The first kappa shape index (κ1) is 13.5. The highest BCUT2D eigenvalue weighted by Gasteiger charge is 2.08. The molecule has 0 spiro atoms. The van der Waals surface area contributed by atoms with Gasteiger partial charge < -0.3 is 20.5 Å². The maximum atomic E-state index is 11.6. The average Bonchev–Trinajstić information content (AvgIpc) is 2.34. The highest BCUT2D eigenvalue weighted by molar-refractivity contribution is 5.96. The molecule has 1 aromatic carbocycles. The van der Waals surface area contributed by atoms with Gasteiger partial charge in [-0.15, -0.1) is 0 Å². The summed E-state index contributed by atoms with van der Waals surface area (Å²) in [5.41, 5.74) is 0.296. The predicted octanol–water partition coefficient (Wildman–Crippen LogP) is 0.358. The zero-order valence-corrected chi connectivity index (χ0v) is 9.90. The lowest BCUT2D eigenvalue weighted by Gasteiger charge is -2.07. The summed E-state index contributed by atoms with van der Waals surface area (Å²) in [5, 5.41) is 15.3. The van der Waals surface area contributed by atoms with Crippen LogP contribution in [0.4, 0.5) is 0 Å². The zero-order chi connectivity index (χ0) is 12.5. The van der Waals surface area contributed by atoms with Crippen molar-refractivity contribution in [2.45, 2.75) is 0 Å². The first-order valence-corrected chi connectivity index (χ1v) is 5.51. The van der Waals surface area contributed by atoms with Crippen molar-refractivity contribution in [3.63, 3.8) is 0 Å². The monoisotopic (exact) mass is 238 g/mol. The Bertz CT molecular complexity index is 355. The maximum absolute atomic E-state index is 11.6. The minimum Gasteiger partial charge on any atom is -0.507 e. The largest absolute Gasteiger partial charge is 0.507 e. The molecule has 94 valence electrons. The summed E-state index contributed by atoms with van der Waals surface area (Å²) in [5.74, 6) is -0.269. The Labute approximate surface area is 101 Å². The molecule has 0 fully saturated rings. The van der Waals surface area contributed by atoms with E-state index in [1.165, 1.54) is 6.07 Å². The number of para-hydroxylation sites is 1. The number of rotatable bonds is 7. The van der Waals surface area contributed by atoms with E-state index in [2.05, 4.69) is 10.6 Å². The molecule has 5 nitrogen and oxygen atoms in total. The van der Waals surface area contributed by atoms with E-state index >= 15 is 0 Å². The Morgan fingerprint density at radius 3 is 2.76 bits per heavy atom. The lowest BCUT2D eigenvalue weighted by atomic mass is 10.2. The number of hydrogen-bond donors (Lipinski definition) is 3. The molecule has 0 aliphatic heterocycles. The summed E-state index contributed by atoms with van der Waals surface area (Å²) in [6, 6.07) is 6.47. The second kappa shape index (κ2) is 7.65. The lowest BCUT2D eigenvalue weighted by molar-refractivity contribution is 0.0951. The molecule has 1 aromatic rings. The van der Waals surface area contributed by atoms with E-state index in [1.54, 1.807) is 25.3 Å². The number of phenols is 1. The molecule has 0 saturated carbocycles. The summed E-state index contributed by atoms with van der Waals surface area (Å²) < 4.78 is 4.87. The van der Waals surface area contributed by atoms with Crippen LogP contribution in [0.2, 0.25) is 0 Å². The van der Waals surface area contributed by atoms with E-state index in [0.717, 1.165) is 6.54 Å². The molecule has 0 saturated heterocycles. The Hall–Kier alpha value is -1.59. The Morgan fingerprint density at radius 1 is 1.29 bits per heavy atom. The van der Waals surface area contributed by atoms with Crippen molar-refractivity contribution in [2.75, 3.05) is 33.4 Å². The van der Waals surface area contributed by atoms with Gasteiger partial charge >= 0.3 is 0 Å². The van der Waals surface area contributed by atoms with Crippen LogP contribution < -0.4 is 10.6 Å². The maximum Gasteiger partial charge on any atom is 0.255 e. The van der Waals surface area contributed by atoms with Crippen molar-refractivity contribution in [1.29, 1.82) is 0 Å². The number of carbonyl (C=O) groups excluding carboxylic acids is 1.